The van der Waals surface area contributed by atoms with Gasteiger partial charge in [-0.05, 0) is 37.0 Å². The second-order valence-corrected chi connectivity index (χ2v) is 5.90. The van der Waals surface area contributed by atoms with Gasteiger partial charge in [0.05, 0.1) is 12.5 Å². The fraction of sp³-hybridized carbons (Fsp3) is 0.929. The standard InChI is InChI=1S/C10H16O3.C4H10/c11-3-4-13-10(12)9-6-7-1-2-8(9)5-7;1-4(2)3/h7-9,11H,1-6H2;4H,1-3H3. The Morgan fingerprint density at radius 3 is 2.35 bits per heavy atom. The van der Waals surface area contributed by atoms with Crippen molar-refractivity contribution in [3.8, 4) is 0 Å². The fourth-order valence-electron chi connectivity index (χ4n) is 2.79. The smallest absolute Gasteiger partial charge is 0.309 e. The van der Waals surface area contributed by atoms with E-state index in [4.69, 9.17) is 9.84 Å². The first-order valence-electron chi connectivity index (χ1n) is 6.82. The van der Waals surface area contributed by atoms with Gasteiger partial charge in [-0.3, -0.25) is 4.79 Å². The molecular weight excluding hydrogens is 216 g/mol. The number of ether oxygens (including phenoxy) is 1. The van der Waals surface area contributed by atoms with E-state index in [1.165, 1.54) is 19.3 Å². The minimum Gasteiger partial charge on any atom is -0.463 e. The molecule has 100 valence electrons. The van der Waals surface area contributed by atoms with E-state index in [1.807, 2.05) is 0 Å². The van der Waals surface area contributed by atoms with Crippen molar-refractivity contribution in [3.63, 3.8) is 0 Å². The molecule has 2 aliphatic carbocycles. The van der Waals surface area contributed by atoms with E-state index in [0.717, 1.165) is 18.3 Å². The Kier molecular flexibility index (Phi) is 5.96. The fourth-order valence-corrected chi connectivity index (χ4v) is 2.79. The molecule has 3 nitrogen and oxygen atoms in total. The predicted octanol–water partition coefficient (Wildman–Crippen LogP) is 2.62. The zero-order valence-electron chi connectivity index (χ0n) is 11.3. The van der Waals surface area contributed by atoms with Gasteiger partial charge in [0.15, 0.2) is 0 Å². The zero-order valence-corrected chi connectivity index (χ0v) is 11.3. The van der Waals surface area contributed by atoms with Gasteiger partial charge in [-0.25, -0.2) is 0 Å². The highest BCUT2D eigenvalue weighted by Crippen LogP contribution is 2.48. The summed E-state index contributed by atoms with van der Waals surface area (Å²) in [7, 11) is 0. The lowest BCUT2D eigenvalue weighted by atomic mass is 9.89. The summed E-state index contributed by atoms with van der Waals surface area (Å²) in [6, 6.07) is 0. The third-order valence-electron chi connectivity index (χ3n) is 3.38. The third kappa shape index (κ3) is 4.66. The van der Waals surface area contributed by atoms with Crippen LogP contribution in [0, 0.1) is 23.7 Å². The Hall–Kier alpha value is -0.570. The molecule has 2 fully saturated rings. The summed E-state index contributed by atoms with van der Waals surface area (Å²) < 4.78 is 4.94. The van der Waals surface area contributed by atoms with Gasteiger partial charge in [-0.1, -0.05) is 27.2 Å². The molecule has 0 amide bonds. The molecule has 3 unspecified atom stereocenters. The lowest BCUT2D eigenvalue weighted by molar-refractivity contribution is -0.151. The molecule has 2 bridgehead atoms. The topological polar surface area (TPSA) is 46.5 Å². The van der Waals surface area contributed by atoms with E-state index in [-0.39, 0.29) is 25.1 Å². The predicted molar refractivity (Wildman–Crippen MR) is 67.5 cm³/mol. The number of hydrogen-bond acceptors (Lipinski definition) is 3. The van der Waals surface area contributed by atoms with Gasteiger partial charge < -0.3 is 9.84 Å². The monoisotopic (exact) mass is 242 g/mol. The average molecular weight is 242 g/mol. The zero-order chi connectivity index (χ0) is 12.8. The van der Waals surface area contributed by atoms with Crippen LogP contribution in [0.15, 0.2) is 0 Å². The van der Waals surface area contributed by atoms with Crippen LogP contribution < -0.4 is 0 Å². The van der Waals surface area contributed by atoms with E-state index < -0.39 is 0 Å². The van der Waals surface area contributed by atoms with Gasteiger partial charge in [0.1, 0.15) is 6.61 Å². The van der Waals surface area contributed by atoms with Crippen molar-refractivity contribution >= 4 is 5.97 Å². The minimum absolute atomic E-state index is 0.0629. The summed E-state index contributed by atoms with van der Waals surface area (Å²) in [5.74, 6) is 2.25. The molecule has 0 aliphatic heterocycles. The SMILES string of the molecule is CC(C)C.O=C(OCCO)C1CC2CCC1C2. The summed E-state index contributed by atoms with van der Waals surface area (Å²) in [6.07, 6.45) is 4.74. The number of carbonyl (C=O) groups is 1. The molecule has 2 rings (SSSR count). The van der Waals surface area contributed by atoms with Gasteiger partial charge in [0, 0.05) is 0 Å². The maximum absolute atomic E-state index is 11.5. The molecule has 0 heterocycles. The number of carbonyl (C=O) groups excluding carboxylic acids is 1. The molecule has 1 N–H and O–H groups in total. The van der Waals surface area contributed by atoms with Crippen molar-refractivity contribution < 1.29 is 14.6 Å². The largest absolute Gasteiger partial charge is 0.463 e. The molecule has 0 aromatic heterocycles. The quantitative estimate of drug-likeness (QED) is 0.774. The molecular formula is C14H26O3. The molecule has 0 aromatic carbocycles. The summed E-state index contributed by atoms with van der Waals surface area (Å²) in [5.41, 5.74) is 0. The lowest BCUT2D eigenvalue weighted by Gasteiger charge is -2.19. The summed E-state index contributed by atoms with van der Waals surface area (Å²) in [4.78, 5) is 11.5. The van der Waals surface area contributed by atoms with E-state index in [9.17, 15) is 4.79 Å². The number of rotatable bonds is 3. The van der Waals surface area contributed by atoms with Gasteiger partial charge in [-0.15, -0.1) is 0 Å². The van der Waals surface area contributed by atoms with Crippen molar-refractivity contribution in [1.82, 2.24) is 0 Å². The highest BCUT2D eigenvalue weighted by atomic mass is 16.5. The Labute approximate surface area is 105 Å². The Morgan fingerprint density at radius 1 is 1.29 bits per heavy atom. The van der Waals surface area contributed by atoms with Crippen LogP contribution in [0.1, 0.15) is 46.5 Å². The second-order valence-electron chi connectivity index (χ2n) is 5.90. The van der Waals surface area contributed by atoms with Crippen LogP contribution in [0.4, 0.5) is 0 Å². The van der Waals surface area contributed by atoms with Gasteiger partial charge in [0.2, 0.25) is 0 Å². The molecule has 3 heteroatoms. The molecule has 0 saturated heterocycles. The lowest BCUT2D eigenvalue weighted by Crippen LogP contribution is -2.24. The summed E-state index contributed by atoms with van der Waals surface area (Å²) in [5, 5.41) is 8.51. The van der Waals surface area contributed by atoms with Crippen LogP contribution in [0.25, 0.3) is 0 Å². The molecule has 0 spiro atoms. The van der Waals surface area contributed by atoms with Crippen LogP contribution >= 0.6 is 0 Å². The van der Waals surface area contributed by atoms with E-state index >= 15 is 0 Å². The third-order valence-corrected chi connectivity index (χ3v) is 3.38. The first-order valence-corrected chi connectivity index (χ1v) is 6.82. The average Bonchev–Trinajstić information content (AvgIpc) is 2.86. The number of hydrogen-bond donors (Lipinski definition) is 1. The van der Waals surface area contributed by atoms with Crippen molar-refractivity contribution in [3.05, 3.63) is 0 Å². The maximum atomic E-state index is 11.5. The first kappa shape index (κ1) is 14.5. The van der Waals surface area contributed by atoms with Crippen LogP contribution in [-0.2, 0) is 9.53 Å². The second kappa shape index (κ2) is 7.00. The number of esters is 1. The maximum Gasteiger partial charge on any atom is 0.309 e. The minimum atomic E-state index is -0.0822. The molecule has 3 atom stereocenters. The van der Waals surface area contributed by atoms with Crippen LogP contribution in [0.2, 0.25) is 0 Å². The van der Waals surface area contributed by atoms with Crippen LogP contribution in [0.3, 0.4) is 0 Å². The van der Waals surface area contributed by atoms with E-state index in [0.29, 0.717) is 5.92 Å². The van der Waals surface area contributed by atoms with Crippen molar-refractivity contribution in [2.45, 2.75) is 46.5 Å². The number of aliphatic hydroxyl groups is 1. The molecule has 17 heavy (non-hydrogen) atoms. The van der Waals surface area contributed by atoms with Crippen LogP contribution in [-0.4, -0.2) is 24.3 Å². The highest BCUT2D eigenvalue weighted by Gasteiger charge is 2.43. The number of fused-ring (bicyclic) bond motifs is 2. The van der Waals surface area contributed by atoms with E-state index in [1.54, 1.807) is 0 Å². The van der Waals surface area contributed by atoms with Gasteiger partial charge >= 0.3 is 5.97 Å². The molecule has 2 aliphatic rings. The normalized spacial score (nSPS) is 30.1. The van der Waals surface area contributed by atoms with E-state index in [2.05, 4.69) is 20.8 Å². The van der Waals surface area contributed by atoms with Gasteiger partial charge in [0.25, 0.3) is 0 Å². The Balaban J connectivity index is 0.000000317. The summed E-state index contributed by atoms with van der Waals surface area (Å²) in [6.45, 7) is 6.60. The van der Waals surface area contributed by atoms with Crippen molar-refractivity contribution in [2.24, 2.45) is 23.7 Å². The first-order chi connectivity index (χ1) is 8.04. The molecule has 0 aromatic rings. The van der Waals surface area contributed by atoms with Crippen LogP contribution in [0.5, 0.6) is 0 Å². The Bertz CT molecular complexity index is 235. The highest BCUT2D eigenvalue weighted by molar-refractivity contribution is 5.73. The number of aliphatic hydroxyl groups excluding tert-OH is 1. The Morgan fingerprint density at radius 2 is 1.94 bits per heavy atom. The molecule has 0 radical (unpaired) electrons. The summed E-state index contributed by atoms with van der Waals surface area (Å²) >= 11 is 0. The molecule has 2 saturated carbocycles. The van der Waals surface area contributed by atoms with Crippen molar-refractivity contribution in [2.75, 3.05) is 13.2 Å². The van der Waals surface area contributed by atoms with Crippen molar-refractivity contribution in [1.29, 1.82) is 0 Å². The van der Waals surface area contributed by atoms with Gasteiger partial charge in [-0.2, -0.15) is 0 Å².